The Morgan fingerprint density at radius 3 is 2.31 bits per heavy atom. The average Bonchev–Trinajstić information content (AvgIpc) is 2.27. The lowest BCUT2D eigenvalue weighted by atomic mass is 10.3. The van der Waals surface area contributed by atoms with Crippen molar-refractivity contribution in [1.29, 1.82) is 0 Å². The van der Waals surface area contributed by atoms with E-state index < -0.39 is 23.2 Å². The van der Waals surface area contributed by atoms with E-state index in [1.54, 1.807) is 0 Å². The van der Waals surface area contributed by atoms with Gasteiger partial charge in [0.2, 0.25) is 0 Å². The SMILES string of the molecule is O=C1CCC(=O)On2c(=O)ccn(c2=O)O1. The fraction of sp³-hybridized carbons (Fsp3) is 0.250. The molecule has 16 heavy (non-hydrogen) atoms. The van der Waals surface area contributed by atoms with Crippen molar-refractivity contribution in [2.24, 2.45) is 0 Å². The van der Waals surface area contributed by atoms with Crippen LogP contribution in [0.2, 0.25) is 0 Å². The predicted molar refractivity (Wildman–Crippen MR) is 47.4 cm³/mol. The van der Waals surface area contributed by atoms with Gasteiger partial charge in [-0.05, 0) is 0 Å². The summed E-state index contributed by atoms with van der Waals surface area (Å²) < 4.78 is 0.767. The topological polar surface area (TPSA) is 96.6 Å². The lowest BCUT2D eigenvalue weighted by Gasteiger charge is -2.05. The van der Waals surface area contributed by atoms with Crippen LogP contribution in [0.15, 0.2) is 21.9 Å². The van der Waals surface area contributed by atoms with E-state index in [4.69, 9.17) is 0 Å². The molecule has 2 bridgehead atoms. The summed E-state index contributed by atoms with van der Waals surface area (Å²) in [5.74, 6) is -1.61. The van der Waals surface area contributed by atoms with E-state index in [-0.39, 0.29) is 17.6 Å². The highest BCUT2D eigenvalue weighted by Gasteiger charge is 2.18. The summed E-state index contributed by atoms with van der Waals surface area (Å²) in [7, 11) is 0. The first kappa shape index (κ1) is 10.1. The Labute approximate surface area is 87.5 Å². The molecule has 0 atom stereocenters. The van der Waals surface area contributed by atoms with Crippen molar-refractivity contribution in [2.75, 3.05) is 0 Å². The van der Waals surface area contributed by atoms with Gasteiger partial charge in [0.25, 0.3) is 5.56 Å². The maximum Gasteiger partial charge on any atom is 0.398 e. The zero-order chi connectivity index (χ0) is 11.7. The molecule has 1 aromatic rings. The minimum atomic E-state index is -1.05. The standard InChI is InChI=1S/C8H6N2O6/c11-5-3-4-9-8(14)10(5)16-7(13)2-1-6(12)15-9/h3-4H,1-2H2. The van der Waals surface area contributed by atoms with Gasteiger partial charge in [-0.3, -0.25) is 4.79 Å². The molecule has 1 aliphatic rings. The molecule has 0 fully saturated rings. The van der Waals surface area contributed by atoms with Gasteiger partial charge in [0.1, 0.15) is 0 Å². The van der Waals surface area contributed by atoms with Crippen molar-refractivity contribution in [1.82, 2.24) is 9.46 Å². The maximum absolute atomic E-state index is 11.5. The van der Waals surface area contributed by atoms with Crippen LogP contribution in [0.25, 0.3) is 0 Å². The summed E-state index contributed by atoms with van der Waals surface area (Å²) in [6.45, 7) is 0. The molecule has 0 spiro atoms. The van der Waals surface area contributed by atoms with Gasteiger partial charge in [-0.15, -0.1) is 4.73 Å². The fourth-order valence-electron chi connectivity index (χ4n) is 1.11. The molecule has 0 saturated heterocycles. The summed E-state index contributed by atoms with van der Waals surface area (Å²) in [5.41, 5.74) is -1.86. The summed E-state index contributed by atoms with van der Waals surface area (Å²) in [5, 5.41) is 0. The first-order valence-corrected chi connectivity index (χ1v) is 4.35. The number of rotatable bonds is 0. The highest BCUT2D eigenvalue weighted by Crippen LogP contribution is 1.93. The Kier molecular flexibility index (Phi) is 2.31. The second-order valence-electron chi connectivity index (χ2n) is 2.98. The van der Waals surface area contributed by atoms with Gasteiger partial charge in [-0.2, -0.15) is 0 Å². The highest BCUT2D eigenvalue weighted by atomic mass is 16.7. The molecule has 0 N–H and O–H groups in total. The molecule has 0 aliphatic carbocycles. The summed E-state index contributed by atoms with van der Waals surface area (Å²) in [6.07, 6.45) is 0.500. The van der Waals surface area contributed by atoms with Crippen molar-refractivity contribution in [3.05, 3.63) is 33.1 Å². The molecular formula is C8H6N2O6. The number of hydrogen-bond acceptors (Lipinski definition) is 6. The molecule has 0 aromatic carbocycles. The quantitative estimate of drug-likeness (QED) is 0.494. The molecule has 8 nitrogen and oxygen atoms in total. The molecule has 1 aliphatic heterocycles. The smallest absolute Gasteiger partial charge is 0.332 e. The van der Waals surface area contributed by atoms with Crippen LogP contribution < -0.4 is 20.9 Å². The van der Waals surface area contributed by atoms with Crippen molar-refractivity contribution in [3.8, 4) is 0 Å². The first-order valence-electron chi connectivity index (χ1n) is 4.35. The predicted octanol–water partition coefficient (Wildman–Crippen LogP) is -2.29. The maximum atomic E-state index is 11.5. The van der Waals surface area contributed by atoms with Gasteiger partial charge in [0.05, 0.1) is 19.0 Å². The molecule has 84 valence electrons. The van der Waals surface area contributed by atoms with Crippen LogP contribution in [0.3, 0.4) is 0 Å². The Bertz CT molecular complexity index is 569. The van der Waals surface area contributed by atoms with E-state index in [9.17, 15) is 19.2 Å². The lowest BCUT2D eigenvalue weighted by molar-refractivity contribution is -0.148. The summed E-state index contributed by atoms with van der Waals surface area (Å²) in [4.78, 5) is 53.9. The van der Waals surface area contributed by atoms with Crippen molar-refractivity contribution < 1.29 is 19.3 Å². The molecule has 2 heterocycles. The van der Waals surface area contributed by atoms with Gasteiger partial charge in [-0.1, -0.05) is 4.73 Å². The molecule has 0 radical (unpaired) electrons. The molecule has 0 unspecified atom stereocenters. The fourth-order valence-corrected chi connectivity index (χ4v) is 1.11. The summed E-state index contributed by atoms with van der Waals surface area (Å²) >= 11 is 0. The number of carbonyl (C=O) groups excluding carboxylic acids is 2. The molecule has 8 heteroatoms. The van der Waals surface area contributed by atoms with E-state index in [2.05, 4.69) is 9.68 Å². The Balaban J connectivity index is 2.61. The molecule has 0 saturated carbocycles. The van der Waals surface area contributed by atoms with Crippen LogP contribution in [0, 0.1) is 0 Å². The van der Waals surface area contributed by atoms with Gasteiger partial charge < -0.3 is 9.68 Å². The number of aromatic nitrogens is 2. The number of fused-ring (bicyclic) bond motifs is 2. The summed E-state index contributed by atoms with van der Waals surface area (Å²) in [6, 6.07) is 0.938. The number of carbonyl (C=O) groups is 2. The minimum absolute atomic E-state index is 0.224. The highest BCUT2D eigenvalue weighted by molar-refractivity contribution is 5.78. The van der Waals surface area contributed by atoms with Crippen LogP contribution in [0.5, 0.6) is 0 Å². The van der Waals surface area contributed by atoms with Crippen LogP contribution in [-0.2, 0) is 9.59 Å². The molecular weight excluding hydrogens is 220 g/mol. The van der Waals surface area contributed by atoms with E-state index in [1.165, 1.54) is 0 Å². The van der Waals surface area contributed by atoms with Crippen LogP contribution in [0.4, 0.5) is 0 Å². The zero-order valence-electron chi connectivity index (χ0n) is 7.91. The number of hydrogen-bond donors (Lipinski definition) is 0. The van der Waals surface area contributed by atoms with Crippen LogP contribution in [-0.4, -0.2) is 21.4 Å². The molecule has 2 rings (SSSR count). The van der Waals surface area contributed by atoms with E-state index in [0.717, 1.165) is 12.3 Å². The minimum Gasteiger partial charge on any atom is -0.332 e. The van der Waals surface area contributed by atoms with Crippen molar-refractivity contribution >= 4 is 11.9 Å². The largest absolute Gasteiger partial charge is 0.398 e. The lowest BCUT2D eigenvalue weighted by Crippen LogP contribution is -2.45. The van der Waals surface area contributed by atoms with Crippen LogP contribution >= 0.6 is 0 Å². The van der Waals surface area contributed by atoms with Crippen molar-refractivity contribution in [2.45, 2.75) is 12.8 Å². The average molecular weight is 226 g/mol. The third-order valence-electron chi connectivity index (χ3n) is 1.84. The van der Waals surface area contributed by atoms with Crippen molar-refractivity contribution in [3.63, 3.8) is 0 Å². The molecule has 1 aromatic heterocycles. The number of nitrogens with zero attached hydrogens (tertiary/aromatic N) is 2. The van der Waals surface area contributed by atoms with E-state index >= 15 is 0 Å². The van der Waals surface area contributed by atoms with E-state index in [1.807, 2.05) is 0 Å². The second kappa shape index (κ2) is 3.65. The second-order valence-corrected chi connectivity index (χ2v) is 2.98. The zero-order valence-corrected chi connectivity index (χ0v) is 7.91. The monoisotopic (exact) mass is 226 g/mol. The van der Waals surface area contributed by atoms with Gasteiger partial charge in [0, 0.05) is 6.07 Å². The van der Waals surface area contributed by atoms with E-state index in [0.29, 0.717) is 4.73 Å². The third-order valence-corrected chi connectivity index (χ3v) is 1.84. The Morgan fingerprint density at radius 1 is 1.00 bits per heavy atom. The van der Waals surface area contributed by atoms with Gasteiger partial charge in [0.15, 0.2) is 0 Å². The Hall–Kier alpha value is -2.38. The first-order chi connectivity index (χ1) is 7.58. The van der Waals surface area contributed by atoms with Gasteiger partial charge >= 0.3 is 17.6 Å². The molecule has 0 amide bonds. The van der Waals surface area contributed by atoms with Gasteiger partial charge in [-0.25, -0.2) is 14.4 Å². The third kappa shape index (κ3) is 1.72. The van der Waals surface area contributed by atoms with Crippen LogP contribution in [0.1, 0.15) is 12.8 Å². The Morgan fingerprint density at radius 2 is 1.62 bits per heavy atom. The normalized spacial score (nSPS) is 15.5.